The lowest BCUT2D eigenvalue weighted by Crippen LogP contribution is -2.36. The Bertz CT molecular complexity index is 543. The van der Waals surface area contributed by atoms with E-state index in [1.165, 1.54) is 12.5 Å². The van der Waals surface area contributed by atoms with Crippen LogP contribution >= 0.6 is 11.6 Å². The average molecular weight is 349 g/mol. The molecule has 0 spiro atoms. The molecule has 3 nitrogen and oxygen atoms in total. The van der Waals surface area contributed by atoms with E-state index < -0.39 is 11.7 Å². The Labute approximate surface area is 138 Å². The predicted molar refractivity (Wildman–Crippen MR) is 84.6 cm³/mol. The monoisotopic (exact) mass is 348 g/mol. The lowest BCUT2D eigenvalue weighted by atomic mass is 9.95. The SMILES string of the molecule is O=C(CCNc1cc(C(F)(F)F)ccc1Cl)NC1CCCCC1. The molecule has 0 atom stereocenters. The molecule has 1 aliphatic rings. The molecule has 2 rings (SSSR count). The summed E-state index contributed by atoms with van der Waals surface area (Å²) in [6, 6.07) is 3.33. The fraction of sp³-hybridized carbons (Fsp3) is 0.562. The second-order valence-electron chi connectivity index (χ2n) is 5.77. The Balaban J connectivity index is 1.82. The van der Waals surface area contributed by atoms with Crippen LogP contribution in [0.1, 0.15) is 44.1 Å². The van der Waals surface area contributed by atoms with Crippen molar-refractivity contribution < 1.29 is 18.0 Å². The fourth-order valence-electron chi connectivity index (χ4n) is 2.69. The summed E-state index contributed by atoms with van der Waals surface area (Å²) in [6.07, 6.45) is 1.24. The third-order valence-electron chi connectivity index (χ3n) is 3.93. The molecule has 2 N–H and O–H groups in total. The smallest absolute Gasteiger partial charge is 0.383 e. The molecule has 0 radical (unpaired) electrons. The molecule has 0 bridgehead atoms. The minimum absolute atomic E-state index is 0.0903. The molecule has 0 aromatic heterocycles. The van der Waals surface area contributed by atoms with Crippen LogP contribution < -0.4 is 10.6 Å². The number of hydrogen-bond acceptors (Lipinski definition) is 2. The highest BCUT2D eigenvalue weighted by Gasteiger charge is 2.30. The second kappa shape index (κ2) is 7.90. The molecule has 1 amide bonds. The topological polar surface area (TPSA) is 41.1 Å². The van der Waals surface area contributed by atoms with E-state index in [1.807, 2.05) is 0 Å². The second-order valence-corrected chi connectivity index (χ2v) is 6.18. The zero-order valence-electron chi connectivity index (χ0n) is 12.7. The number of amides is 1. The molecule has 1 saturated carbocycles. The van der Waals surface area contributed by atoms with Crippen molar-refractivity contribution in [2.24, 2.45) is 0 Å². The van der Waals surface area contributed by atoms with Gasteiger partial charge in [0.25, 0.3) is 0 Å². The van der Waals surface area contributed by atoms with Crippen molar-refractivity contribution in [1.82, 2.24) is 5.32 Å². The van der Waals surface area contributed by atoms with Crippen LogP contribution in [0.4, 0.5) is 18.9 Å². The van der Waals surface area contributed by atoms with Gasteiger partial charge in [0.15, 0.2) is 0 Å². The Morgan fingerprint density at radius 2 is 1.91 bits per heavy atom. The average Bonchev–Trinajstić information content (AvgIpc) is 2.49. The van der Waals surface area contributed by atoms with Crippen molar-refractivity contribution in [1.29, 1.82) is 0 Å². The maximum absolute atomic E-state index is 12.7. The summed E-state index contributed by atoms with van der Waals surface area (Å²) in [5, 5.41) is 5.96. The molecule has 23 heavy (non-hydrogen) atoms. The van der Waals surface area contributed by atoms with Crippen LogP contribution in [0.15, 0.2) is 18.2 Å². The van der Waals surface area contributed by atoms with Crippen molar-refractivity contribution >= 4 is 23.2 Å². The molecular formula is C16H20ClF3N2O. The number of alkyl halides is 3. The summed E-state index contributed by atoms with van der Waals surface area (Å²) in [5.74, 6) is -0.0903. The molecule has 7 heteroatoms. The lowest BCUT2D eigenvalue weighted by Gasteiger charge is -2.22. The van der Waals surface area contributed by atoms with Gasteiger partial charge in [-0.25, -0.2) is 0 Å². The first-order chi connectivity index (χ1) is 10.9. The highest BCUT2D eigenvalue weighted by molar-refractivity contribution is 6.33. The molecule has 1 aliphatic carbocycles. The van der Waals surface area contributed by atoms with Crippen molar-refractivity contribution in [2.75, 3.05) is 11.9 Å². The fourth-order valence-corrected chi connectivity index (χ4v) is 2.88. The minimum atomic E-state index is -4.42. The molecule has 1 aromatic carbocycles. The van der Waals surface area contributed by atoms with Crippen molar-refractivity contribution in [3.63, 3.8) is 0 Å². The normalized spacial score (nSPS) is 16.2. The minimum Gasteiger partial charge on any atom is -0.383 e. The van der Waals surface area contributed by atoms with E-state index in [-0.39, 0.29) is 35.6 Å². The first-order valence-corrected chi connectivity index (χ1v) is 8.14. The van der Waals surface area contributed by atoms with Gasteiger partial charge in [-0.3, -0.25) is 4.79 Å². The van der Waals surface area contributed by atoms with Gasteiger partial charge < -0.3 is 10.6 Å². The first-order valence-electron chi connectivity index (χ1n) is 7.76. The van der Waals surface area contributed by atoms with Crippen LogP contribution in [0.2, 0.25) is 5.02 Å². The third kappa shape index (κ3) is 5.61. The van der Waals surface area contributed by atoms with Crippen molar-refractivity contribution in [3.05, 3.63) is 28.8 Å². The molecular weight excluding hydrogens is 329 g/mol. The Kier molecular flexibility index (Phi) is 6.16. The summed E-state index contributed by atoms with van der Waals surface area (Å²) >= 11 is 5.89. The molecule has 1 fully saturated rings. The van der Waals surface area contributed by atoms with Gasteiger partial charge in [0.1, 0.15) is 0 Å². The number of hydrogen-bond donors (Lipinski definition) is 2. The third-order valence-corrected chi connectivity index (χ3v) is 4.26. The summed E-state index contributed by atoms with van der Waals surface area (Å²) in [6.45, 7) is 0.236. The van der Waals surface area contributed by atoms with Crippen LogP contribution in [0, 0.1) is 0 Å². The molecule has 0 aliphatic heterocycles. The van der Waals surface area contributed by atoms with Crippen LogP contribution in [0.3, 0.4) is 0 Å². The van der Waals surface area contributed by atoms with E-state index in [4.69, 9.17) is 11.6 Å². The maximum Gasteiger partial charge on any atom is 0.416 e. The molecule has 0 unspecified atom stereocenters. The quantitative estimate of drug-likeness (QED) is 0.815. The number of benzene rings is 1. The summed E-state index contributed by atoms with van der Waals surface area (Å²) in [5.41, 5.74) is -0.581. The van der Waals surface area contributed by atoms with Gasteiger partial charge in [-0.2, -0.15) is 13.2 Å². The standard InChI is InChI=1S/C16H20ClF3N2O/c17-13-7-6-11(16(18,19)20)10-14(13)21-9-8-15(23)22-12-4-2-1-3-5-12/h6-7,10,12,21H,1-5,8-9H2,(H,22,23). The Morgan fingerprint density at radius 1 is 1.22 bits per heavy atom. The zero-order valence-corrected chi connectivity index (χ0v) is 13.4. The van der Waals surface area contributed by atoms with Gasteiger partial charge in [-0.05, 0) is 31.0 Å². The van der Waals surface area contributed by atoms with E-state index in [2.05, 4.69) is 10.6 Å². The van der Waals surface area contributed by atoms with E-state index in [9.17, 15) is 18.0 Å². The lowest BCUT2D eigenvalue weighted by molar-refractivity contribution is -0.137. The van der Waals surface area contributed by atoms with Crippen LogP contribution in [-0.4, -0.2) is 18.5 Å². The van der Waals surface area contributed by atoms with Crippen LogP contribution in [-0.2, 0) is 11.0 Å². The van der Waals surface area contributed by atoms with E-state index in [1.54, 1.807) is 0 Å². The largest absolute Gasteiger partial charge is 0.416 e. The van der Waals surface area contributed by atoms with Crippen molar-refractivity contribution in [2.45, 2.75) is 50.7 Å². The van der Waals surface area contributed by atoms with E-state index in [0.29, 0.717) is 0 Å². The zero-order chi connectivity index (χ0) is 16.9. The highest BCUT2D eigenvalue weighted by atomic mass is 35.5. The predicted octanol–water partition coefficient (Wildman–Crippen LogP) is 4.61. The van der Waals surface area contributed by atoms with Crippen LogP contribution in [0.5, 0.6) is 0 Å². The van der Waals surface area contributed by atoms with E-state index in [0.717, 1.165) is 37.8 Å². The molecule has 0 heterocycles. The first kappa shape index (κ1) is 17.9. The van der Waals surface area contributed by atoms with Gasteiger partial charge in [-0.1, -0.05) is 30.9 Å². The van der Waals surface area contributed by atoms with Crippen LogP contribution in [0.25, 0.3) is 0 Å². The molecule has 128 valence electrons. The maximum atomic E-state index is 12.7. The Hall–Kier alpha value is -1.43. The van der Waals surface area contributed by atoms with Gasteiger partial charge in [0.2, 0.25) is 5.91 Å². The Morgan fingerprint density at radius 3 is 2.57 bits per heavy atom. The van der Waals surface area contributed by atoms with Crippen molar-refractivity contribution in [3.8, 4) is 0 Å². The van der Waals surface area contributed by atoms with Gasteiger partial charge >= 0.3 is 6.18 Å². The molecule has 0 saturated heterocycles. The number of halogens is 4. The van der Waals surface area contributed by atoms with Gasteiger partial charge in [0, 0.05) is 19.0 Å². The number of rotatable bonds is 5. The number of carbonyl (C=O) groups is 1. The molecule has 1 aromatic rings. The van der Waals surface area contributed by atoms with Gasteiger partial charge in [0.05, 0.1) is 16.3 Å². The highest BCUT2D eigenvalue weighted by Crippen LogP contribution is 2.33. The summed E-state index contributed by atoms with van der Waals surface area (Å²) in [4.78, 5) is 11.8. The summed E-state index contributed by atoms with van der Waals surface area (Å²) in [7, 11) is 0. The van der Waals surface area contributed by atoms with E-state index >= 15 is 0 Å². The van der Waals surface area contributed by atoms with Gasteiger partial charge in [-0.15, -0.1) is 0 Å². The summed E-state index contributed by atoms with van der Waals surface area (Å²) < 4.78 is 38.0. The number of nitrogens with one attached hydrogen (secondary N) is 2. The number of carbonyl (C=O) groups excluding carboxylic acids is 1. The number of anilines is 1.